The van der Waals surface area contributed by atoms with Crippen molar-refractivity contribution in [3.05, 3.63) is 75.2 Å². The van der Waals surface area contributed by atoms with Crippen LogP contribution in [0.15, 0.2) is 34.7 Å². The van der Waals surface area contributed by atoms with Crippen LogP contribution < -0.4 is 14.4 Å². The topological polar surface area (TPSA) is 55.2 Å². The van der Waals surface area contributed by atoms with Crippen molar-refractivity contribution >= 4 is 11.6 Å². The number of hydrogen-bond donors (Lipinski definition) is 0. The van der Waals surface area contributed by atoms with Gasteiger partial charge >= 0.3 is 0 Å². The number of methoxy groups -OCH3 is 2. The molecule has 2 aromatic carbocycles. The number of benzene rings is 2. The molecule has 1 amide bonds. The first kappa shape index (κ1) is 24.7. The number of amides is 1. The summed E-state index contributed by atoms with van der Waals surface area (Å²) < 4.78 is 16.9. The second-order valence-corrected chi connectivity index (χ2v) is 9.40. The van der Waals surface area contributed by atoms with Crippen molar-refractivity contribution in [3.63, 3.8) is 0 Å². The first-order valence-electron chi connectivity index (χ1n) is 12.1. The largest absolute Gasteiger partial charge is 0.497 e. The van der Waals surface area contributed by atoms with Crippen molar-refractivity contribution in [1.82, 2.24) is 4.90 Å². The van der Waals surface area contributed by atoms with Crippen molar-refractivity contribution in [1.29, 1.82) is 0 Å². The van der Waals surface area contributed by atoms with Gasteiger partial charge in [-0.15, -0.1) is 0 Å². The summed E-state index contributed by atoms with van der Waals surface area (Å²) in [6.45, 7) is 13.6. The van der Waals surface area contributed by atoms with Crippen LogP contribution in [0.2, 0.25) is 0 Å². The molecule has 4 rings (SSSR count). The van der Waals surface area contributed by atoms with Crippen LogP contribution in [0.4, 0.5) is 5.69 Å². The molecule has 6 nitrogen and oxygen atoms in total. The zero-order chi connectivity index (χ0) is 25.3. The Balaban J connectivity index is 1.44. The van der Waals surface area contributed by atoms with E-state index in [0.29, 0.717) is 25.3 Å². The Morgan fingerprint density at radius 3 is 1.89 bits per heavy atom. The van der Waals surface area contributed by atoms with Crippen LogP contribution in [0.3, 0.4) is 0 Å². The van der Waals surface area contributed by atoms with Gasteiger partial charge in [-0.3, -0.25) is 4.79 Å². The predicted molar refractivity (Wildman–Crippen MR) is 139 cm³/mol. The first-order chi connectivity index (χ1) is 16.7. The molecule has 0 atom stereocenters. The van der Waals surface area contributed by atoms with Crippen LogP contribution in [0.25, 0.3) is 0 Å². The summed E-state index contributed by atoms with van der Waals surface area (Å²) >= 11 is 0. The minimum Gasteiger partial charge on any atom is -0.497 e. The predicted octanol–water partition coefficient (Wildman–Crippen LogP) is 5.39. The molecule has 1 saturated heterocycles. The van der Waals surface area contributed by atoms with Crippen molar-refractivity contribution in [2.45, 2.75) is 41.0 Å². The van der Waals surface area contributed by atoms with E-state index in [-0.39, 0.29) is 5.91 Å². The lowest BCUT2D eigenvalue weighted by Gasteiger charge is -2.36. The van der Waals surface area contributed by atoms with E-state index >= 15 is 0 Å². The number of ether oxygens (including phenoxy) is 2. The van der Waals surface area contributed by atoms with Gasteiger partial charge in [-0.05, 0) is 80.1 Å². The average Bonchev–Trinajstić information content (AvgIpc) is 3.36. The lowest BCUT2D eigenvalue weighted by Crippen LogP contribution is -2.48. The second-order valence-electron chi connectivity index (χ2n) is 9.40. The summed E-state index contributed by atoms with van der Waals surface area (Å²) in [6.07, 6.45) is 0.693. The highest BCUT2D eigenvalue weighted by atomic mass is 16.5. The smallest absolute Gasteiger partial charge is 0.289 e. The van der Waals surface area contributed by atoms with Gasteiger partial charge in [0.05, 0.1) is 14.2 Å². The molecule has 1 aliphatic heterocycles. The average molecular weight is 477 g/mol. The molecule has 2 heterocycles. The molecule has 6 heteroatoms. The Hall–Kier alpha value is -3.41. The maximum absolute atomic E-state index is 13.2. The Bertz CT molecular complexity index is 1180. The van der Waals surface area contributed by atoms with E-state index < -0.39 is 0 Å². The van der Waals surface area contributed by atoms with E-state index in [1.807, 2.05) is 35.2 Å². The minimum atomic E-state index is -0.0520. The van der Waals surface area contributed by atoms with E-state index in [1.54, 1.807) is 14.2 Å². The summed E-state index contributed by atoms with van der Waals surface area (Å²) in [6, 6.07) is 9.61. The molecular weight excluding hydrogens is 440 g/mol. The van der Waals surface area contributed by atoms with Crippen molar-refractivity contribution in [2.75, 3.05) is 45.3 Å². The molecule has 1 aromatic heterocycles. The van der Waals surface area contributed by atoms with E-state index in [0.717, 1.165) is 36.0 Å². The molecule has 0 radical (unpaired) electrons. The standard InChI is InChI=1S/C29H36N2O4/c1-18-19(2)21(4)27(22(5)20(18)3)17-24-8-9-28(35-24)29(32)31-12-10-30(11-13-31)23-14-25(33-6)16-26(15-23)34-7/h8-9,14-16H,10-13,17H2,1-7H3. The molecule has 186 valence electrons. The van der Waals surface area contributed by atoms with E-state index in [4.69, 9.17) is 13.9 Å². The molecule has 0 bridgehead atoms. The normalized spacial score (nSPS) is 13.8. The third kappa shape index (κ3) is 4.88. The Labute approximate surface area is 208 Å². The zero-order valence-corrected chi connectivity index (χ0v) is 21.9. The molecule has 0 unspecified atom stereocenters. The fourth-order valence-electron chi connectivity index (χ4n) is 4.90. The minimum absolute atomic E-state index is 0.0520. The molecular formula is C29H36N2O4. The zero-order valence-electron chi connectivity index (χ0n) is 21.9. The maximum Gasteiger partial charge on any atom is 0.289 e. The van der Waals surface area contributed by atoms with Crippen molar-refractivity contribution in [3.8, 4) is 11.5 Å². The molecule has 0 N–H and O–H groups in total. The Morgan fingerprint density at radius 1 is 0.800 bits per heavy atom. The fraction of sp³-hybridized carbons (Fsp3) is 0.414. The van der Waals surface area contributed by atoms with Crippen molar-refractivity contribution < 1.29 is 18.7 Å². The summed E-state index contributed by atoms with van der Waals surface area (Å²) in [4.78, 5) is 17.3. The fourth-order valence-corrected chi connectivity index (χ4v) is 4.90. The highest BCUT2D eigenvalue weighted by molar-refractivity contribution is 5.91. The first-order valence-corrected chi connectivity index (χ1v) is 12.1. The molecule has 3 aromatic rings. The molecule has 0 aliphatic carbocycles. The quantitative estimate of drug-likeness (QED) is 0.477. The molecule has 35 heavy (non-hydrogen) atoms. The summed E-state index contributed by atoms with van der Waals surface area (Å²) in [5, 5.41) is 0. The number of anilines is 1. The number of rotatable bonds is 6. The van der Waals surface area contributed by atoms with Gasteiger partial charge in [0.25, 0.3) is 5.91 Å². The summed E-state index contributed by atoms with van der Waals surface area (Å²) in [7, 11) is 3.30. The number of hydrogen-bond acceptors (Lipinski definition) is 5. The van der Waals surface area contributed by atoms with Gasteiger partial charge in [-0.2, -0.15) is 0 Å². The van der Waals surface area contributed by atoms with Crippen LogP contribution in [0, 0.1) is 34.6 Å². The molecule has 0 saturated carbocycles. The van der Waals surface area contributed by atoms with Crippen molar-refractivity contribution in [2.24, 2.45) is 0 Å². The third-order valence-corrected chi connectivity index (χ3v) is 7.65. The second kappa shape index (κ2) is 10.1. The van der Waals surface area contributed by atoms with Crippen LogP contribution >= 0.6 is 0 Å². The number of carbonyl (C=O) groups is 1. The van der Waals surface area contributed by atoms with E-state index in [1.165, 1.54) is 33.4 Å². The number of nitrogens with zero attached hydrogens (tertiary/aromatic N) is 2. The summed E-state index contributed by atoms with van der Waals surface area (Å²) in [5.41, 5.74) is 8.95. The van der Waals surface area contributed by atoms with Crippen LogP contribution in [-0.4, -0.2) is 51.2 Å². The van der Waals surface area contributed by atoms with Crippen LogP contribution in [0.5, 0.6) is 11.5 Å². The van der Waals surface area contributed by atoms with E-state index in [2.05, 4.69) is 39.5 Å². The van der Waals surface area contributed by atoms with Crippen LogP contribution in [0.1, 0.15) is 49.7 Å². The van der Waals surface area contributed by atoms with Crippen LogP contribution in [-0.2, 0) is 6.42 Å². The highest BCUT2D eigenvalue weighted by Gasteiger charge is 2.25. The van der Waals surface area contributed by atoms with E-state index in [9.17, 15) is 4.79 Å². The summed E-state index contributed by atoms with van der Waals surface area (Å²) in [5.74, 6) is 2.69. The molecule has 1 fully saturated rings. The SMILES string of the molecule is COc1cc(OC)cc(N2CCN(C(=O)c3ccc(Cc4c(C)c(C)c(C)c(C)c4C)o3)CC2)c1. The highest BCUT2D eigenvalue weighted by Crippen LogP contribution is 2.30. The lowest BCUT2D eigenvalue weighted by atomic mass is 9.88. The van der Waals surface area contributed by atoms with Gasteiger partial charge in [0.1, 0.15) is 17.3 Å². The van der Waals surface area contributed by atoms with Gasteiger partial charge in [0.2, 0.25) is 0 Å². The third-order valence-electron chi connectivity index (χ3n) is 7.65. The monoisotopic (exact) mass is 476 g/mol. The van der Waals surface area contributed by atoms with Gasteiger partial charge in [-0.25, -0.2) is 0 Å². The van der Waals surface area contributed by atoms with Gasteiger partial charge in [0.15, 0.2) is 5.76 Å². The lowest BCUT2D eigenvalue weighted by molar-refractivity contribution is 0.0713. The molecule has 1 aliphatic rings. The Kier molecular flexibility index (Phi) is 7.10. The van der Waals surface area contributed by atoms with Gasteiger partial charge in [0, 0.05) is 56.5 Å². The van der Waals surface area contributed by atoms with Gasteiger partial charge < -0.3 is 23.7 Å². The Morgan fingerprint density at radius 2 is 1.34 bits per heavy atom. The van der Waals surface area contributed by atoms with Gasteiger partial charge in [-0.1, -0.05) is 0 Å². The molecule has 0 spiro atoms. The number of furan rings is 1. The maximum atomic E-state index is 13.2. The number of carbonyl (C=O) groups excluding carboxylic acids is 1. The number of piperazine rings is 1.